The van der Waals surface area contributed by atoms with Crippen molar-refractivity contribution in [3.8, 4) is 18.2 Å². The van der Waals surface area contributed by atoms with Crippen LogP contribution in [0, 0.1) is 12.3 Å². The lowest BCUT2D eigenvalue weighted by Crippen LogP contribution is -2.16. The number of aromatic nitrogens is 2. The molecule has 2 heterocycles. The first kappa shape index (κ1) is 18.5. The molecule has 1 aromatic heterocycles. The molecule has 1 N–H and O–H groups in total. The summed E-state index contributed by atoms with van der Waals surface area (Å²) in [4.78, 5) is 12.8. The quantitative estimate of drug-likeness (QED) is 0.642. The molecule has 0 unspecified atom stereocenters. The van der Waals surface area contributed by atoms with Gasteiger partial charge in [-0.25, -0.2) is 8.89 Å². The van der Waals surface area contributed by atoms with Gasteiger partial charge in [0.2, 0.25) is 11.7 Å². The molecule has 1 fully saturated rings. The van der Waals surface area contributed by atoms with Crippen LogP contribution in [-0.2, 0) is 16.8 Å². The van der Waals surface area contributed by atoms with Gasteiger partial charge in [-0.1, -0.05) is 23.9 Å². The van der Waals surface area contributed by atoms with Crippen LogP contribution in [-0.4, -0.2) is 36.4 Å². The van der Waals surface area contributed by atoms with E-state index in [-0.39, 0.29) is 27.7 Å². The second kappa shape index (κ2) is 7.14. The number of benzene rings is 1. The van der Waals surface area contributed by atoms with Crippen LogP contribution in [0.1, 0.15) is 40.7 Å². The summed E-state index contributed by atoms with van der Waals surface area (Å²) < 4.78 is 18.6. The van der Waals surface area contributed by atoms with E-state index in [0.29, 0.717) is 17.1 Å². The Bertz CT molecular complexity index is 1030. The molecule has 0 radical (unpaired) electrons. The number of rotatable bonds is 3. The summed E-state index contributed by atoms with van der Waals surface area (Å²) in [6.45, 7) is 0. The molecule has 6 nitrogen and oxygen atoms in total. The van der Waals surface area contributed by atoms with Gasteiger partial charge in [0, 0.05) is 24.1 Å². The summed E-state index contributed by atoms with van der Waals surface area (Å²) in [5.74, 6) is 2.71. The fourth-order valence-corrected chi connectivity index (χ4v) is 5.44. The number of hydrogen-bond donors (Lipinski definition) is 1. The maximum Gasteiger partial charge on any atom is 0.220 e. The third kappa shape index (κ3) is 3.35. The SMILES string of the molecule is C#Cc1ccc(C(=O)c2cnn(C)c2O)c(Cl)c1N=S1(=O)CCCCC1. The van der Waals surface area contributed by atoms with Gasteiger partial charge in [0.25, 0.3) is 0 Å². The number of halogens is 1. The monoisotopic (exact) mass is 391 g/mol. The van der Waals surface area contributed by atoms with E-state index < -0.39 is 15.5 Å². The van der Waals surface area contributed by atoms with Crippen molar-refractivity contribution in [3.05, 3.63) is 40.0 Å². The first-order chi connectivity index (χ1) is 12.4. The highest BCUT2D eigenvalue weighted by atomic mass is 35.5. The summed E-state index contributed by atoms with van der Waals surface area (Å²) >= 11 is 6.43. The molecule has 1 aliphatic rings. The molecule has 0 spiro atoms. The highest BCUT2D eigenvalue weighted by molar-refractivity contribution is 7.93. The van der Waals surface area contributed by atoms with Gasteiger partial charge in [0.05, 0.1) is 26.5 Å². The van der Waals surface area contributed by atoms with E-state index in [9.17, 15) is 14.1 Å². The molecule has 1 aromatic carbocycles. The maximum absolute atomic E-state index is 13.0. The summed E-state index contributed by atoms with van der Waals surface area (Å²) in [5, 5.41) is 13.9. The predicted octanol–water partition coefficient (Wildman–Crippen LogP) is 3.27. The van der Waals surface area contributed by atoms with Crippen LogP contribution >= 0.6 is 11.6 Å². The summed E-state index contributed by atoms with van der Waals surface area (Å²) in [6, 6.07) is 3.04. The van der Waals surface area contributed by atoms with Gasteiger partial charge in [-0.05, 0) is 25.0 Å². The van der Waals surface area contributed by atoms with Gasteiger partial charge in [-0.3, -0.25) is 4.79 Å². The summed E-state index contributed by atoms with van der Waals surface area (Å²) in [5.41, 5.74) is 0.743. The van der Waals surface area contributed by atoms with E-state index in [1.165, 1.54) is 24.0 Å². The molecule has 0 bridgehead atoms. The van der Waals surface area contributed by atoms with E-state index in [2.05, 4.69) is 15.4 Å². The molecule has 2 aromatic rings. The van der Waals surface area contributed by atoms with E-state index >= 15 is 0 Å². The van der Waals surface area contributed by atoms with E-state index in [1.807, 2.05) is 0 Å². The summed E-state index contributed by atoms with van der Waals surface area (Å²) in [6.07, 6.45) is 9.51. The van der Waals surface area contributed by atoms with Gasteiger partial charge < -0.3 is 5.11 Å². The lowest BCUT2D eigenvalue weighted by atomic mass is 10.0. The number of aromatic hydroxyl groups is 1. The second-order valence-corrected chi connectivity index (χ2v) is 9.06. The number of ketones is 1. The van der Waals surface area contributed by atoms with E-state index in [1.54, 1.807) is 6.07 Å². The first-order valence-electron chi connectivity index (χ1n) is 8.13. The van der Waals surface area contributed by atoms with Gasteiger partial charge in [0.1, 0.15) is 11.3 Å². The number of carbonyl (C=O) groups excluding carboxylic acids is 1. The smallest absolute Gasteiger partial charge is 0.220 e. The largest absolute Gasteiger partial charge is 0.493 e. The van der Waals surface area contributed by atoms with Crippen molar-refractivity contribution < 1.29 is 14.1 Å². The molecule has 8 heteroatoms. The zero-order valence-corrected chi connectivity index (χ0v) is 15.8. The van der Waals surface area contributed by atoms with Crippen molar-refractivity contribution in [2.45, 2.75) is 19.3 Å². The van der Waals surface area contributed by atoms with Gasteiger partial charge in [-0.2, -0.15) is 9.46 Å². The molecule has 0 aliphatic carbocycles. The Balaban J connectivity index is 2.14. The van der Waals surface area contributed by atoms with Crippen LogP contribution in [0.5, 0.6) is 5.88 Å². The average Bonchev–Trinajstić information content (AvgIpc) is 2.96. The lowest BCUT2D eigenvalue weighted by molar-refractivity contribution is 0.103. The Labute approximate surface area is 157 Å². The van der Waals surface area contributed by atoms with Crippen LogP contribution in [0.25, 0.3) is 0 Å². The van der Waals surface area contributed by atoms with Crippen LogP contribution in [0.4, 0.5) is 5.69 Å². The number of nitrogens with zero attached hydrogens (tertiary/aromatic N) is 3. The van der Waals surface area contributed by atoms with Crippen LogP contribution < -0.4 is 0 Å². The van der Waals surface area contributed by atoms with Crippen LogP contribution in [0.2, 0.25) is 5.02 Å². The Hall–Kier alpha value is -2.30. The first-order valence-corrected chi connectivity index (χ1v) is 10.4. The molecule has 26 heavy (non-hydrogen) atoms. The molecule has 1 aliphatic heterocycles. The number of hydrogen-bond acceptors (Lipinski definition) is 5. The predicted molar refractivity (Wildman–Crippen MR) is 102 cm³/mol. The molecule has 3 rings (SSSR count). The number of terminal acetylenes is 1. The van der Waals surface area contributed by atoms with Crippen molar-refractivity contribution in [1.29, 1.82) is 0 Å². The zero-order chi connectivity index (χ0) is 18.9. The van der Waals surface area contributed by atoms with Crippen LogP contribution in [0.3, 0.4) is 0 Å². The minimum atomic E-state index is -2.44. The minimum Gasteiger partial charge on any atom is -0.493 e. The topological polar surface area (TPSA) is 84.6 Å². The van der Waals surface area contributed by atoms with Crippen LogP contribution in [0.15, 0.2) is 22.7 Å². The number of carbonyl (C=O) groups is 1. The highest BCUT2D eigenvalue weighted by Crippen LogP contribution is 2.36. The fourth-order valence-electron chi connectivity index (χ4n) is 2.87. The molecule has 1 saturated heterocycles. The molecule has 136 valence electrons. The number of aryl methyl sites for hydroxylation is 1. The van der Waals surface area contributed by atoms with E-state index in [0.717, 1.165) is 19.3 Å². The molecule has 0 saturated carbocycles. The Morgan fingerprint density at radius 3 is 2.62 bits per heavy atom. The van der Waals surface area contributed by atoms with Gasteiger partial charge >= 0.3 is 0 Å². The van der Waals surface area contributed by atoms with Crippen molar-refractivity contribution in [2.24, 2.45) is 11.4 Å². The molecule has 0 amide bonds. The molecule has 0 atom stereocenters. The highest BCUT2D eigenvalue weighted by Gasteiger charge is 2.24. The standard InChI is InChI=1S/C18H18ClN3O3S/c1-3-12-7-8-13(17(23)14-11-20-22(2)18(14)24)15(19)16(12)21-26(25)9-5-4-6-10-26/h1,7-8,11,24H,4-6,9-10H2,2H3. The third-order valence-electron chi connectivity index (χ3n) is 4.35. The zero-order valence-electron chi connectivity index (χ0n) is 14.2. The molecular weight excluding hydrogens is 374 g/mol. The van der Waals surface area contributed by atoms with Crippen molar-refractivity contribution >= 4 is 32.8 Å². The average molecular weight is 392 g/mol. The van der Waals surface area contributed by atoms with Gasteiger partial charge in [-0.15, -0.1) is 6.42 Å². The second-order valence-electron chi connectivity index (χ2n) is 6.13. The minimum absolute atomic E-state index is 0.0238. The maximum atomic E-state index is 13.0. The third-order valence-corrected chi connectivity index (χ3v) is 7.10. The normalized spacial score (nSPS) is 16.0. The van der Waals surface area contributed by atoms with Crippen molar-refractivity contribution in [3.63, 3.8) is 0 Å². The summed E-state index contributed by atoms with van der Waals surface area (Å²) in [7, 11) is -0.924. The van der Waals surface area contributed by atoms with Gasteiger partial charge in [0.15, 0.2) is 0 Å². The van der Waals surface area contributed by atoms with Crippen molar-refractivity contribution in [1.82, 2.24) is 9.78 Å². The Morgan fingerprint density at radius 1 is 1.35 bits per heavy atom. The Kier molecular flexibility index (Phi) is 5.08. The molecular formula is C18H18ClN3O3S. The fraction of sp³-hybridized carbons (Fsp3) is 0.333. The van der Waals surface area contributed by atoms with E-state index in [4.69, 9.17) is 18.0 Å². The lowest BCUT2D eigenvalue weighted by Gasteiger charge is -2.16. The Morgan fingerprint density at radius 2 is 2.04 bits per heavy atom. The van der Waals surface area contributed by atoms with Crippen molar-refractivity contribution in [2.75, 3.05) is 11.5 Å².